The molecule has 2 amide bonds. The van der Waals surface area contributed by atoms with Crippen molar-refractivity contribution in [2.24, 2.45) is 5.92 Å². The Hall–Kier alpha value is -1.30. The van der Waals surface area contributed by atoms with Crippen LogP contribution in [0.4, 0.5) is 4.79 Å². The maximum absolute atomic E-state index is 12.5. The molecule has 0 unspecified atom stereocenters. The maximum atomic E-state index is 12.5. The van der Waals surface area contributed by atoms with Gasteiger partial charge >= 0.3 is 12.0 Å². The number of carboxylic acids is 1. The highest BCUT2D eigenvalue weighted by molar-refractivity contribution is 5.80. The lowest BCUT2D eigenvalue weighted by Gasteiger charge is -2.43. The Balaban J connectivity index is 1.90. The van der Waals surface area contributed by atoms with Crippen LogP contribution in [0.2, 0.25) is 0 Å². The van der Waals surface area contributed by atoms with E-state index < -0.39 is 5.97 Å². The van der Waals surface area contributed by atoms with Crippen molar-refractivity contribution in [2.45, 2.75) is 39.2 Å². The van der Waals surface area contributed by atoms with Crippen molar-refractivity contribution in [3.05, 3.63) is 0 Å². The lowest BCUT2D eigenvalue weighted by molar-refractivity contribution is -0.137. The molecule has 21 heavy (non-hydrogen) atoms. The van der Waals surface area contributed by atoms with Crippen molar-refractivity contribution in [2.75, 3.05) is 39.3 Å². The molecule has 0 spiro atoms. The zero-order valence-corrected chi connectivity index (χ0v) is 13.3. The molecule has 1 saturated heterocycles. The summed E-state index contributed by atoms with van der Waals surface area (Å²) < 4.78 is 0. The zero-order valence-electron chi connectivity index (χ0n) is 13.3. The molecule has 1 aliphatic carbocycles. The van der Waals surface area contributed by atoms with Gasteiger partial charge in [0, 0.05) is 38.3 Å². The third-order valence-electron chi connectivity index (χ3n) is 4.27. The van der Waals surface area contributed by atoms with Crippen LogP contribution in [0.5, 0.6) is 0 Å². The molecule has 0 aromatic carbocycles. The summed E-state index contributed by atoms with van der Waals surface area (Å²) in [5, 5.41) is 8.99. The highest BCUT2D eigenvalue weighted by Crippen LogP contribution is 2.30. The molecule has 0 bridgehead atoms. The number of carboxylic acid groups (broad SMARTS) is 1. The highest BCUT2D eigenvalue weighted by atomic mass is 16.4. The molecular weight excluding hydrogens is 270 g/mol. The van der Waals surface area contributed by atoms with Crippen molar-refractivity contribution in [3.63, 3.8) is 0 Å². The molecular formula is C15H27N3O3. The maximum Gasteiger partial charge on any atom is 0.323 e. The second-order valence-electron chi connectivity index (χ2n) is 7.15. The largest absolute Gasteiger partial charge is 0.480 e. The number of aliphatic carboxylic acids is 1. The van der Waals surface area contributed by atoms with E-state index in [1.165, 1.54) is 4.90 Å². The fraction of sp³-hybridized carbons (Fsp3) is 0.867. The molecule has 1 heterocycles. The van der Waals surface area contributed by atoms with Gasteiger partial charge in [-0.2, -0.15) is 0 Å². The van der Waals surface area contributed by atoms with E-state index in [0.29, 0.717) is 25.6 Å². The third-order valence-corrected chi connectivity index (χ3v) is 4.27. The van der Waals surface area contributed by atoms with Crippen molar-refractivity contribution in [3.8, 4) is 0 Å². The lowest BCUT2D eigenvalue weighted by atomic mass is 10.1. The van der Waals surface area contributed by atoms with Gasteiger partial charge in [0.15, 0.2) is 0 Å². The summed E-state index contributed by atoms with van der Waals surface area (Å²) in [6, 6.07) is -0.113. The van der Waals surface area contributed by atoms with Gasteiger partial charge in [0.1, 0.15) is 6.54 Å². The normalized spacial score (nSPS) is 20.4. The van der Waals surface area contributed by atoms with E-state index in [1.807, 2.05) is 0 Å². The number of carbonyl (C=O) groups excluding carboxylic acids is 1. The van der Waals surface area contributed by atoms with E-state index in [9.17, 15) is 9.59 Å². The first-order chi connectivity index (χ1) is 9.77. The predicted molar refractivity (Wildman–Crippen MR) is 80.2 cm³/mol. The monoisotopic (exact) mass is 297 g/mol. The van der Waals surface area contributed by atoms with Crippen molar-refractivity contribution in [1.82, 2.24) is 14.7 Å². The molecule has 120 valence electrons. The average Bonchev–Trinajstić information content (AvgIpc) is 3.20. The lowest BCUT2D eigenvalue weighted by Crippen LogP contribution is -2.57. The number of piperazine rings is 1. The number of nitrogens with zero attached hydrogens (tertiary/aromatic N) is 3. The first kappa shape index (κ1) is 16.1. The van der Waals surface area contributed by atoms with Crippen LogP contribution >= 0.6 is 0 Å². The minimum absolute atomic E-state index is 0.113. The molecule has 0 aromatic rings. The average molecular weight is 297 g/mol. The van der Waals surface area contributed by atoms with Crippen molar-refractivity contribution in [1.29, 1.82) is 0 Å². The fourth-order valence-electron chi connectivity index (χ4n) is 2.75. The van der Waals surface area contributed by atoms with Gasteiger partial charge < -0.3 is 14.9 Å². The van der Waals surface area contributed by atoms with Crippen LogP contribution in [0.1, 0.15) is 33.6 Å². The van der Waals surface area contributed by atoms with Gasteiger partial charge in [-0.1, -0.05) is 0 Å². The summed E-state index contributed by atoms with van der Waals surface area (Å²) >= 11 is 0. The molecule has 1 N–H and O–H groups in total. The van der Waals surface area contributed by atoms with Crippen LogP contribution in [-0.4, -0.2) is 76.6 Å². The van der Waals surface area contributed by atoms with Gasteiger partial charge in [0.05, 0.1) is 0 Å². The molecule has 1 saturated carbocycles. The fourth-order valence-corrected chi connectivity index (χ4v) is 2.75. The Morgan fingerprint density at radius 1 is 1.14 bits per heavy atom. The van der Waals surface area contributed by atoms with Gasteiger partial charge in [0.25, 0.3) is 0 Å². The number of rotatable bonds is 4. The van der Waals surface area contributed by atoms with Crippen LogP contribution in [0.25, 0.3) is 0 Å². The van der Waals surface area contributed by atoms with E-state index in [1.54, 1.807) is 4.90 Å². The summed E-state index contributed by atoms with van der Waals surface area (Å²) in [6.45, 7) is 9.98. The summed E-state index contributed by atoms with van der Waals surface area (Å²) in [6.07, 6.45) is 2.22. The SMILES string of the molecule is CC(C)(C)N1CCN(C(=O)N(CC(=O)O)CC2CC2)CC1. The molecule has 0 aromatic heterocycles. The van der Waals surface area contributed by atoms with Crippen molar-refractivity contribution >= 4 is 12.0 Å². The summed E-state index contributed by atoms with van der Waals surface area (Å²) in [4.78, 5) is 29.2. The summed E-state index contributed by atoms with van der Waals surface area (Å²) in [5.74, 6) is -0.429. The Labute approximate surface area is 126 Å². The first-order valence-electron chi connectivity index (χ1n) is 7.78. The van der Waals surface area contributed by atoms with Crippen LogP contribution in [0, 0.1) is 5.92 Å². The first-order valence-corrected chi connectivity index (χ1v) is 7.78. The smallest absolute Gasteiger partial charge is 0.323 e. The van der Waals surface area contributed by atoms with Crippen LogP contribution in [0.15, 0.2) is 0 Å². The number of carbonyl (C=O) groups is 2. The second-order valence-corrected chi connectivity index (χ2v) is 7.15. The minimum atomic E-state index is -0.933. The Kier molecular flexibility index (Phi) is 4.76. The van der Waals surface area contributed by atoms with Gasteiger partial charge in [-0.15, -0.1) is 0 Å². The van der Waals surface area contributed by atoms with Crippen LogP contribution in [0.3, 0.4) is 0 Å². The molecule has 0 atom stereocenters. The van der Waals surface area contributed by atoms with E-state index in [2.05, 4.69) is 25.7 Å². The Morgan fingerprint density at radius 3 is 2.14 bits per heavy atom. The number of amides is 2. The van der Waals surface area contributed by atoms with Crippen LogP contribution in [-0.2, 0) is 4.79 Å². The van der Waals surface area contributed by atoms with Gasteiger partial charge in [-0.25, -0.2) is 4.79 Å². The standard InChI is InChI=1S/C15H27N3O3/c1-15(2,3)18-8-6-16(7-9-18)14(21)17(11-13(19)20)10-12-4-5-12/h12H,4-11H2,1-3H3,(H,19,20). The summed E-state index contributed by atoms with van der Waals surface area (Å²) in [7, 11) is 0. The molecule has 2 fully saturated rings. The second kappa shape index (κ2) is 6.22. The quantitative estimate of drug-likeness (QED) is 0.850. The number of hydrogen-bond acceptors (Lipinski definition) is 3. The van der Waals surface area contributed by atoms with Crippen molar-refractivity contribution < 1.29 is 14.7 Å². The minimum Gasteiger partial charge on any atom is -0.480 e. The van der Waals surface area contributed by atoms with E-state index in [-0.39, 0.29) is 18.1 Å². The van der Waals surface area contributed by atoms with E-state index in [4.69, 9.17) is 5.11 Å². The molecule has 6 nitrogen and oxygen atoms in total. The number of urea groups is 1. The molecule has 0 radical (unpaired) electrons. The van der Waals surface area contributed by atoms with Gasteiger partial charge in [0.2, 0.25) is 0 Å². The van der Waals surface area contributed by atoms with E-state index in [0.717, 1.165) is 25.9 Å². The molecule has 1 aliphatic heterocycles. The summed E-state index contributed by atoms with van der Waals surface area (Å²) in [5.41, 5.74) is 0.115. The third kappa shape index (κ3) is 4.59. The topological polar surface area (TPSA) is 64.1 Å². The highest BCUT2D eigenvalue weighted by Gasteiger charge is 2.33. The zero-order chi connectivity index (χ0) is 15.6. The van der Waals surface area contributed by atoms with Gasteiger partial charge in [-0.05, 0) is 39.5 Å². The Morgan fingerprint density at radius 2 is 1.71 bits per heavy atom. The molecule has 2 aliphatic rings. The Bertz CT molecular complexity index is 393. The molecule has 6 heteroatoms. The predicted octanol–water partition coefficient (Wildman–Crippen LogP) is 1.32. The number of hydrogen-bond donors (Lipinski definition) is 1. The van der Waals surface area contributed by atoms with E-state index >= 15 is 0 Å². The molecule has 2 rings (SSSR count). The van der Waals surface area contributed by atoms with Crippen LogP contribution < -0.4 is 0 Å². The van der Waals surface area contributed by atoms with Gasteiger partial charge in [-0.3, -0.25) is 9.69 Å².